The van der Waals surface area contributed by atoms with Crippen LogP contribution < -0.4 is 9.64 Å². The third-order valence-electron chi connectivity index (χ3n) is 8.02. The zero-order valence-electron chi connectivity index (χ0n) is 20.4. The number of carbonyl (C=O) groups excluding carboxylic acids is 4. The number of anilines is 1. The molecule has 4 aliphatic rings. The van der Waals surface area contributed by atoms with Gasteiger partial charge in [0.15, 0.2) is 23.1 Å². The maximum Gasteiger partial charge on any atom is 0.238 e. The Kier molecular flexibility index (Phi) is 6.59. The van der Waals surface area contributed by atoms with Crippen molar-refractivity contribution in [3.8, 4) is 11.5 Å². The van der Waals surface area contributed by atoms with Gasteiger partial charge in [0.05, 0.1) is 32.7 Å². The van der Waals surface area contributed by atoms with Gasteiger partial charge in [-0.3, -0.25) is 24.1 Å². The van der Waals surface area contributed by atoms with Crippen molar-refractivity contribution in [2.45, 2.75) is 18.8 Å². The molecule has 10 heteroatoms. The highest BCUT2D eigenvalue weighted by Crippen LogP contribution is 2.56. The largest absolute Gasteiger partial charge is 0.504 e. The highest BCUT2D eigenvalue weighted by atomic mass is 127. The van der Waals surface area contributed by atoms with E-state index in [1.165, 1.54) is 18.1 Å². The number of rotatable bonds is 3. The molecule has 3 aliphatic carbocycles. The van der Waals surface area contributed by atoms with Gasteiger partial charge in [0, 0.05) is 28.2 Å². The highest BCUT2D eigenvalue weighted by Gasteiger charge is 2.56. The number of hydrogen-bond donors (Lipinski definition) is 1. The Morgan fingerprint density at radius 3 is 2.49 bits per heavy atom. The molecule has 39 heavy (non-hydrogen) atoms. The molecule has 2 aromatic rings. The molecule has 1 saturated heterocycles. The van der Waals surface area contributed by atoms with Crippen LogP contribution in [0.25, 0.3) is 0 Å². The Morgan fingerprint density at radius 1 is 1.08 bits per heavy atom. The van der Waals surface area contributed by atoms with Crippen LogP contribution in [0.5, 0.6) is 11.5 Å². The lowest BCUT2D eigenvalue weighted by molar-refractivity contribution is -0.123. The topological polar surface area (TPSA) is 101 Å². The minimum atomic E-state index is -0.685. The van der Waals surface area contributed by atoms with Crippen LogP contribution in [-0.4, -0.2) is 35.6 Å². The predicted octanol–water partition coefficient (Wildman–Crippen LogP) is 5.63. The number of ether oxygens (including phenoxy) is 1. The lowest BCUT2D eigenvalue weighted by Gasteiger charge is -2.42. The number of allylic oxidation sites excluding steroid dienone is 6. The van der Waals surface area contributed by atoms with Crippen LogP contribution in [0.3, 0.4) is 0 Å². The smallest absolute Gasteiger partial charge is 0.238 e. The average molecular weight is 721 g/mol. The number of Topliss-reactive ketones (excluding diaryl/α,β-unsaturated/α-hetero) is 1. The first-order chi connectivity index (χ1) is 18.6. The second kappa shape index (κ2) is 9.71. The van der Waals surface area contributed by atoms with Crippen LogP contribution >= 0.6 is 50.1 Å². The van der Waals surface area contributed by atoms with Crippen LogP contribution in [0.2, 0.25) is 5.02 Å². The van der Waals surface area contributed by atoms with Crippen molar-refractivity contribution in [1.82, 2.24) is 0 Å². The fourth-order valence-corrected chi connectivity index (χ4v) is 7.55. The number of imide groups is 1. The molecular formula is C29H20BrClINO6. The zero-order valence-corrected chi connectivity index (χ0v) is 24.9. The zero-order chi connectivity index (χ0) is 27.7. The van der Waals surface area contributed by atoms with Gasteiger partial charge in [-0.2, -0.15) is 0 Å². The van der Waals surface area contributed by atoms with Crippen molar-refractivity contribution < 1.29 is 29.0 Å². The van der Waals surface area contributed by atoms with E-state index < -0.39 is 23.7 Å². The van der Waals surface area contributed by atoms with Crippen molar-refractivity contribution >= 4 is 79.2 Å². The summed E-state index contributed by atoms with van der Waals surface area (Å²) in [6, 6.07) is 9.97. The molecule has 2 aromatic carbocycles. The van der Waals surface area contributed by atoms with Crippen molar-refractivity contribution in [3.63, 3.8) is 0 Å². The van der Waals surface area contributed by atoms with Crippen molar-refractivity contribution in [1.29, 1.82) is 0 Å². The fourth-order valence-electron chi connectivity index (χ4n) is 6.35. The van der Waals surface area contributed by atoms with E-state index in [1.807, 2.05) is 28.7 Å². The van der Waals surface area contributed by atoms with Gasteiger partial charge < -0.3 is 9.84 Å². The van der Waals surface area contributed by atoms with Crippen molar-refractivity contribution in [2.75, 3.05) is 12.0 Å². The number of phenols is 1. The number of benzene rings is 2. The summed E-state index contributed by atoms with van der Waals surface area (Å²) in [7, 11) is 1.44. The van der Waals surface area contributed by atoms with E-state index in [-0.39, 0.29) is 45.8 Å². The number of methoxy groups -OCH3 is 1. The summed E-state index contributed by atoms with van der Waals surface area (Å²) in [6.07, 6.45) is 3.74. The van der Waals surface area contributed by atoms with Crippen LogP contribution in [0, 0.1) is 21.3 Å². The lowest BCUT2D eigenvalue weighted by Crippen LogP contribution is -2.39. The highest BCUT2D eigenvalue weighted by molar-refractivity contribution is 14.1. The molecule has 198 valence electrons. The van der Waals surface area contributed by atoms with Gasteiger partial charge in [0.2, 0.25) is 11.8 Å². The molecule has 4 atom stereocenters. The number of carbonyl (C=O) groups is 4. The summed E-state index contributed by atoms with van der Waals surface area (Å²) in [6.45, 7) is 0. The Labute approximate surface area is 250 Å². The number of fused-ring (bicyclic) bond motifs is 3. The molecule has 1 fully saturated rings. The van der Waals surface area contributed by atoms with Gasteiger partial charge in [-0.25, -0.2) is 0 Å². The van der Waals surface area contributed by atoms with E-state index in [9.17, 15) is 24.3 Å². The first-order valence-electron chi connectivity index (χ1n) is 12.2. The average Bonchev–Trinajstić information content (AvgIpc) is 3.18. The molecule has 0 saturated carbocycles. The summed E-state index contributed by atoms with van der Waals surface area (Å²) < 4.78 is 6.08. The maximum absolute atomic E-state index is 13.9. The minimum Gasteiger partial charge on any atom is -0.504 e. The number of aromatic hydroxyl groups is 1. The third kappa shape index (κ3) is 4.03. The second-order valence-electron chi connectivity index (χ2n) is 9.94. The Balaban J connectivity index is 1.51. The van der Waals surface area contributed by atoms with Gasteiger partial charge in [-0.05, 0) is 99.2 Å². The normalized spacial score (nSPS) is 26.2. The molecule has 7 nitrogen and oxygen atoms in total. The second-order valence-corrected chi connectivity index (χ2v) is 12.4. The summed E-state index contributed by atoms with van der Waals surface area (Å²) in [5, 5.41) is 11.0. The van der Waals surface area contributed by atoms with E-state index in [2.05, 4.69) is 15.9 Å². The monoisotopic (exact) mass is 719 g/mol. The molecule has 0 bridgehead atoms. The third-order valence-corrected chi connectivity index (χ3v) is 9.68. The van der Waals surface area contributed by atoms with E-state index in [4.69, 9.17) is 16.3 Å². The van der Waals surface area contributed by atoms with Crippen LogP contribution in [0.1, 0.15) is 24.3 Å². The Hall–Kier alpha value is -2.76. The summed E-state index contributed by atoms with van der Waals surface area (Å²) in [5.41, 5.74) is 2.64. The van der Waals surface area contributed by atoms with Gasteiger partial charge in [-0.1, -0.05) is 23.3 Å². The molecule has 1 N–H and O–H groups in total. The van der Waals surface area contributed by atoms with E-state index in [1.54, 1.807) is 36.4 Å². The molecule has 0 radical (unpaired) electrons. The molecule has 6 rings (SSSR count). The molecule has 2 amide bonds. The molecule has 0 spiro atoms. The number of phenolic OH excluding ortho intramolecular Hbond substituents is 1. The van der Waals surface area contributed by atoms with Gasteiger partial charge in [0.25, 0.3) is 0 Å². The fraction of sp³-hybridized carbons (Fsp3) is 0.241. The Bertz CT molecular complexity index is 1590. The van der Waals surface area contributed by atoms with Crippen LogP contribution in [0.4, 0.5) is 5.69 Å². The first-order valence-corrected chi connectivity index (χ1v) is 14.5. The van der Waals surface area contributed by atoms with E-state index >= 15 is 0 Å². The molecular weight excluding hydrogens is 701 g/mol. The van der Waals surface area contributed by atoms with E-state index in [0.29, 0.717) is 37.4 Å². The van der Waals surface area contributed by atoms with Gasteiger partial charge >= 0.3 is 0 Å². The summed E-state index contributed by atoms with van der Waals surface area (Å²) in [4.78, 5) is 55.4. The molecule has 0 unspecified atom stereocenters. The number of halogens is 3. The quantitative estimate of drug-likeness (QED) is 0.191. The molecule has 0 aromatic heterocycles. The van der Waals surface area contributed by atoms with Gasteiger partial charge in [0.1, 0.15) is 0 Å². The number of ketones is 2. The van der Waals surface area contributed by atoms with Crippen LogP contribution in [0.15, 0.2) is 69.8 Å². The van der Waals surface area contributed by atoms with Crippen molar-refractivity contribution in [2.24, 2.45) is 17.8 Å². The van der Waals surface area contributed by atoms with Crippen LogP contribution in [-0.2, 0) is 19.2 Å². The summed E-state index contributed by atoms with van der Waals surface area (Å²) in [5.74, 6) is -3.35. The number of nitrogens with zero attached hydrogens (tertiary/aromatic N) is 1. The number of hydrogen-bond acceptors (Lipinski definition) is 6. The summed E-state index contributed by atoms with van der Waals surface area (Å²) >= 11 is 11.3. The Morgan fingerprint density at radius 2 is 1.79 bits per heavy atom. The minimum absolute atomic E-state index is 0.0232. The van der Waals surface area contributed by atoms with Crippen molar-refractivity contribution in [3.05, 3.63) is 83.9 Å². The van der Waals surface area contributed by atoms with Gasteiger partial charge in [-0.15, -0.1) is 0 Å². The lowest BCUT2D eigenvalue weighted by atomic mass is 9.59. The number of amides is 2. The standard InChI is InChI=1S/C29H20BrClINO6/c1-39-22-9-12(8-20(32)27(22)36)23-15-6-7-16-24(17(15)10-18-25(23)21(34)11-19(30)26(18)35)29(38)33(28(16)37)14-4-2-13(31)3-5-14/h2-6,8-9,11,16-17,23-24,36H,7,10H2,1H3/t16-,17+,23-,24-/m0/s1. The first kappa shape index (κ1) is 26.5. The maximum atomic E-state index is 13.9. The predicted molar refractivity (Wildman–Crippen MR) is 156 cm³/mol. The van der Waals surface area contributed by atoms with E-state index in [0.717, 1.165) is 5.57 Å². The molecule has 1 aliphatic heterocycles. The molecule has 1 heterocycles. The SMILES string of the molecule is COc1cc([C@H]2C3=CC[C@@H]4C(=O)N(c5ccc(Cl)cc5)C(=O)[C@@H]4[C@@H]3CC3=C2C(=O)C=C(Br)C3=O)cc(I)c1O.